The van der Waals surface area contributed by atoms with Crippen molar-refractivity contribution in [1.82, 2.24) is 9.71 Å². The summed E-state index contributed by atoms with van der Waals surface area (Å²) in [6.45, 7) is 3.62. The maximum atomic E-state index is 13.1. The Kier molecular flexibility index (Phi) is 6.11. The van der Waals surface area contributed by atoms with Gasteiger partial charge in [-0.3, -0.25) is 0 Å². The van der Waals surface area contributed by atoms with E-state index in [2.05, 4.69) is 9.71 Å². The SMILES string of the molecule is Cc1ccc(S(=O)(=O)NCCc2nc(-c3ccc(F)cc3)sc2C)cc1C(=O)O. The zero-order chi connectivity index (χ0) is 21.2. The molecule has 152 valence electrons. The first-order valence-corrected chi connectivity index (χ1v) is 11.0. The fourth-order valence-electron chi connectivity index (χ4n) is 2.76. The topological polar surface area (TPSA) is 96.4 Å². The van der Waals surface area contributed by atoms with Gasteiger partial charge in [-0.15, -0.1) is 11.3 Å². The van der Waals surface area contributed by atoms with Gasteiger partial charge in [-0.1, -0.05) is 6.07 Å². The molecule has 0 fully saturated rings. The van der Waals surface area contributed by atoms with Crippen LogP contribution in [-0.4, -0.2) is 31.0 Å². The lowest BCUT2D eigenvalue weighted by molar-refractivity contribution is 0.0696. The van der Waals surface area contributed by atoms with Gasteiger partial charge >= 0.3 is 5.97 Å². The van der Waals surface area contributed by atoms with Crippen LogP contribution >= 0.6 is 11.3 Å². The van der Waals surface area contributed by atoms with Crippen LogP contribution in [0.2, 0.25) is 0 Å². The van der Waals surface area contributed by atoms with Crippen molar-refractivity contribution in [2.24, 2.45) is 0 Å². The first kappa shape index (κ1) is 21.1. The van der Waals surface area contributed by atoms with Gasteiger partial charge in [-0.2, -0.15) is 0 Å². The second-order valence-electron chi connectivity index (χ2n) is 6.46. The van der Waals surface area contributed by atoms with Crippen molar-refractivity contribution in [3.63, 3.8) is 0 Å². The second kappa shape index (κ2) is 8.40. The van der Waals surface area contributed by atoms with Crippen LogP contribution in [0, 0.1) is 19.7 Å². The molecule has 0 spiro atoms. The average molecular weight is 435 g/mol. The number of carboxylic acid groups (broad SMARTS) is 1. The Morgan fingerprint density at radius 3 is 2.52 bits per heavy atom. The Bertz CT molecular complexity index is 1160. The fraction of sp³-hybridized carbons (Fsp3) is 0.200. The predicted molar refractivity (Wildman–Crippen MR) is 109 cm³/mol. The van der Waals surface area contributed by atoms with E-state index in [1.54, 1.807) is 19.1 Å². The molecule has 0 unspecified atom stereocenters. The number of aromatic nitrogens is 1. The van der Waals surface area contributed by atoms with E-state index in [0.29, 0.717) is 12.0 Å². The molecule has 3 rings (SSSR count). The number of hydrogen-bond acceptors (Lipinski definition) is 5. The summed E-state index contributed by atoms with van der Waals surface area (Å²) in [5.41, 5.74) is 1.99. The maximum absolute atomic E-state index is 13.1. The van der Waals surface area contributed by atoms with Gasteiger partial charge in [0, 0.05) is 23.4 Å². The predicted octanol–water partition coefficient (Wildman–Crippen LogP) is 3.79. The molecule has 0 saturated carbocycles. The normalized spacial score (nSPS) is 11.6. The molecule has 29 heavy (non-hydrogen) atoms. The molecule has 9 heteroatoms. The van der Waals surface area contributed by atoms with Gasteiger partial charge in [0.1, 0.15) is 10.8 Å². The van der Waals surface area contributed by atoms with Crippen molar-refractivity contribution < 1.29 is 22.7 Å². The zero-order valence-corrected chi connectivity index (χ0v) is 17.4. The highest BCUT2D eigenvalue weighted by atomic mass is 32.2. The number of halogens is 1. The molecule has 1 heterocycles. The lowest BCUT2D eigenvalue weighted by Crippen LogP contribution is -2.26. The van der Waals surface area contributed by atoms with E-state index in [0.717, 1.165) is 27.2 Å². The molecule has 3 aromatic rings. The fourth-order valence-corrected chi connectivity index (χ4v) is 4.78. The second-order valence-corrected chi connectivity index (χ2v) is 9.43. The smallest absolute Gasteiger partial charge is 0.335 e. The lowest BCUT2D eigenvalue weighted by atomic mass is 10.1. The summed E-state index contributed by atoms with van der Waals surface area (Å²) in [4.78, 5) is 16.6. The summed E-state index contributed by atoms with van der Waals surface area (Å²) in [5, 5.41) is 9.92. The Balaban J connectivity index is 1.70. The molecule has 0 atom stereocenters. The van der Waals surface area contributed by atoms with Crippen LogP contribution in [0.15, 0.2) is 47.4 Å². The van der Waals surface area contributed by atoms with Crippen molar-refractivity contribution in [3.05, 3.63) is 70.0 Å². The minimum atomic E-state index is -3.85. The highest BCUT2D eigenvalue weighted by Crippen LogP contribution is 2.28. The van der Waals surface area contributed by atoms with Crippen LogP contribution < -0.4 is 4.72 Å². The molecule has 0 aliphatic heterocycles. The molecule has 0 radical (unpaired) electrons. The number of hydrogen-bond donors (Lipinski definition) is 2. The standard InChI is InChI=1S/C20H19FN2O4S2/c1-12-3-8-16(11-17(12)20(24)25)29(26,27)22-10-9-18-13(2)28-19(23-18)14-4-6-15(21)7-5-14/h3-8,11,22H,9-10H2,1-2H3,(H,24,25). The molecular formula is C20H19FN2O4S2. The number of aromatic carboxylic acids is 1. The molecule has 0 aliphatic rings. The molecule has 2 aromatic carbocycles. The molecule has 1 aromatic heterocycles. The van der Waals surface area contributed by atoms with E-state index in [4.69, 9.17) is 0 Å². The molecular weight excluding hydrogens is 415 g/mol. The van der Waals surface area contributed by atoms with Crippen molar-refractivity contribution in [3.8, 4) is 10.6 Å². The number of sulfonamides is 1. The lowest BCUT2D eigenvalue weighted by Gasteiger charge is -2.08. The molecule has 0 aliphatic carbocycles. The van der Waals surface area contributed by atoms with Crippen molar-refractivity contribution in [2.45, 2.75) is 25.2 Å². The van der Waals surface area contributed by atoms with E-state index in [1.807, 2.05) is 6.92 Å². The van der Waals surface area contributed by atoms with Gasteiger partial charge in [0.2, 0.25) is 10.0 Å². The maximum Gasteiger partial charge on any atom is 0.335 e. The Labute approximate surface area is 172 Å². The van der Waals surface area contributed by atoms with Crippen LogP contribution in [0.4, 0.5) is 4.39 Å². The number of aryl methyl sites for hydroxylation is 2. The van der Waals surface area contributed by atoms with Crippen molar-refractivity contribution in [2.75, 3.05) is 6.54 Å². The number of benzene rings is 2. The number of rotatable bonds is 7. The number of carboxylic acids is 1. The monoisotopic (exact) mass is 434 g/mol. The van der Waals surface area contributed by atoms with Crippen LogP contribution in [0.5, 0.6) is 0 Å². The van der Waals surface area contributed by atoms with Gasteiger partial charge in [0.15, 0.2) is 0 Å². The quantitative estimate of drug-likeness (QED) is 0.590. The van der Waals surface area contributed by atoms with E-state index in [9.17, 15) is 22.7 Å². The van der Waals surface area contributed by atoms with E-state index >= 15 is 0 Å². The largest absolute Gasteiger partial charge is 0.478 e. The molecule has 6 nitrogen and oxygen atoms in total. The van der Waals surface area contributed by atoms with Crippen LogP contribution in [0.1, 0.15) is 26.5 Å². The summed E-state index contributed by atoms with van der Waals surface area (Å²) in [5.74, 6) is -1.50. The third-order valence-electron chi connectivity index (χ3n) is 4.39. The van der Waals surface area contributed by atoms with Gasteiger partial charge in [0.05, 0.1) is 16.2 Å². The van der Waals surface area contributed by atoms with Crippen molar-refractivity contribution >= 4 is 27.3 Å². The average Bonchev–Trinajstić information content (AvgIpc) is 3.03. The number of thiazole rings is 1. The number of nitrogens with one attached hydrogen (secondary N) is 1. The van der Waals surface area contributed by atoms with Crippen LogP contribution in [0.3, 0.4) is 0 Å². The summed E-state index contributed by atoms with van der Waals surface area (Å²) < 4.78 is 40.6. The minimum Gasteiger partial charge on any atom is -0.478 e. The van der Waals surface area contributed by atoms with Gasteiger partial charge in [-0.25, -0.2) is 27.3 Å². The zero-order valence-electron chi connectivity index (χ0n) is 15.8. The first-order chi connectivity index (χ1) is 13.7. The minimum absolute atomic E-state index is 0.0489. The molecule has 0 amide bonds. The van der Waals surface area contributed by atoms with Gasteiger partial charge in [-0.05, 0) is 55.8 Å². The van der Waals surface area contributed by atoms with Crippen LogP contribution in [0.25, 0.3) is 10.6 Å². The molecule has 2 N–H and O–H groups in total. The van der Waals surface area contributed by atoms with Crippen LogP contribution in [-0.2, 0) is 16.4 Å². The van der Waals surface area contributed by atoms with E-state index in [1.165, 1.54) is 35.6 Å². The highest BCUT2D eigenvalue weighted by Gasteiger charge is 2.18. The highest BCUT2D eigenvalue weighted by molar-refractivity contribution is 7.89. The first-order valence-electron chi connectivity index (χ1n) is 8.73. The Hall–Kier alpha value is -2.62. The third kappa shape index (κ3) is 4.87. The summed E-state index contributed by atoms with van der Waals surface area (Å²) in [6, 6.07) is 10.0. The molecule has 0 saturated heterocycles. The number of carbonyl (C=O) groups is 1. The Morgan fingerprint density at radius 2 is 1.86 bits per heavy atom. The summed E-state index contributed by atoms with van der Waals surface area (Å²) in [6.07, 6.45) is 0.375. The number of nitrogens with zero attached hydrogens (tertiary/aromatic N) is 1. The van der Waals surface area contributed by atoms with Gasteiger partial charge in [0.25, 0.3) is 0 Å². The van der Waals surface area contributed by atoms with Crippen molar-refractivity contribution in [1.29, 1.82) is 0 Å². The third-order valence-corrected chi connectivity index (χ3v) is 6.91. The van der Waals surface area contributed by atoms with E-state index < -0.39 is 16.0 Å². The van der Waals surface area contributed by atoms with E-state index in [-0.39, 0.29) is 22.8 Å². The summed E-state index contributed by atoms with van der Waals surface area (Å²) >= 11 is 1.46. The van der Waals surface area contributed by atoms with Gasteiger partial charge < -0.3 is 5.11 Å². The molecule has 0 bridgehead atoms. The Morgan fingerprint density at radius 1 is 1.17 bits per heavy atom. The summed E-state index contributed by atoms with van der Waals surface area (Å²) in [7, 11) is -3.85.